The Hall–Kier alpha value is -0.750. The minimum atomic E-state index is -0.851. The fraction of sp³-hybridized carbons (Fsp3) is 0.857. The standard InChI is InChI=1S/C14H25NO4S/c1-11(2)3-8-20-9-12(16)15-10-14(13(17)18)4-6-19-7-5-14/h11H,3-10H2,1-2H3,(H,15,16)(H,17,18). The van der Waals surface area contributed by atoms with Crippen LogP contribution in [-0.4, -0.2) is 48.2 Å². The molecule has 0 unspecified atom stereocenters. The molecule has 0 radical (unpaired) electrons. The Labute approximate surface area is 124 Å². The molecule has 0 atom stereocenters. The molecule has 1 rings (SSSR count). The first-order valence-electron chi connectivity index (χ1n) is 7.12. The molecule has 0 aromatic rings. The lowest BCUT2D eigenvalue weighted by molar-refractivity contribution is -0.154. The van der Waals surface area contributed by atoms with Gasteiger partial charge in [-0.05, 0) is 30.9 Å². The second-order valence-corrected chi connectivity index (χ2v) is 6.81. The third-order valence-corrected chi connectivity index (χ3v) is 4.59. The van der Waals surface area contributed by atoms with Gasteiger partial charge in [0.25, 0.3) is 0 Å². The quantitative estimate of drug-likeness (QED) is 0.668. The molecule has 1 saturated heterocycles. The molecule has 0 spiro atoms. The van der Waals surface area contributed by atoms with Crippen LogP contribution < -0.4 is 5.32 Å². The first-order valence-corrected chi connectivity index (χ1v) is 8.27. The Kier molecular flexibility index (Phi) is 7.37. The Morgan fingerprint density at radius 3 is 2.55 bits per heavy atom. The monoisotopic (exact) mass is 303 g/mol. The molecule has 0 saturated carbocycles. The number of aliphatic carboxylic acids is 1. The summed E-state index contributed by atoms with van der Waals surface area (Å²) in [6.07, 6.45) is 2.01. The van der Waals surface area contributed by atoms with Gasteiger partial charge < -0.3 is 15.2 Å². The van der Waals surface area contributed by atoms with Crippen LogP contribution in [0, 0.1) is 11.3 Å². The lowest BCUT2D eigenvalue weighted by atomic mass is 9.80. The summed E-state index contributed by atoms with van der Waals surface area (Å²) in [5.41, 5.74) is -0.851. The van der Waals surface area contributed by atoms with Crippen LogP contribution in [-0.2, 0) is 14.3 Å². The molecule has 0 bridgehead atoms. The number of carboxylic acids is 1. The van der Waals surface area contributed by atoms with Gasteiger partial charge in [-0.2, -0.15) is 11.8 Å². The molecule has 0 aromatic heterocycles. The second kappa shape index (κ2) is 8.52. The zero-order chi connectivity index (χ0) is 15.0. The van der Waals surface area contributed by atoms with Gasteiger partial charge in [0, 0.05) is 19.8 Å². The zero-order valence-electron chi connectivity index (χ0n) is 12.3. The van der Waals surface area contributed by atoms with Crippen LogP contribution in [0.2, 0.25) is 0 Å². The molecule has 1 aliphatic rings. The van der Waals surface area contributed by atoms with Crippen molar-refractivity contribution in [2.24, 2.45) is 11.3 Å². The van der Waals surface area contributed by atoms with E-state index in [0.29, 0.717) is 37.7 Å². The number of nitrogens with one attached hydrogen (secondary N) is 1. The number of carbonyl (C=O) groups is 2. The maximum atomic E-state index is 11.7. The normalized spacial score (nSPS) is 17.9. The fourth-order valence-corrected chi connectivity index (χ4v) is 3.10. The van der Waals surface area contributed by atoms with E-state index in [1.807, 2.05) is 0 Å². The lowest BCUT2D eigenvalue weighted by Crippen LogP contribution is -2.46. The fourth-order valence-electron chi connectivity index (χ4n) is 2.03. The van der Waals surface area contributed by atoms with E-state index in [1.54, 1.807) is 11.8 Å². The maximum absolute atomic E-state index is 11.7. The number of hydrogen-bond acceptors (Lipinski definition) is 4. The highest BCUT2D eigenvalue weighted by molar-refractivity contribution is 7.99. The Morgan fingerprint density at radius 1 is 1.35 bits per heavy atom. The second-order valence-electron chi connectivity index (χ2n) is 5.71. The first kappa shape index (κ1) is 17.3. The lowest BCUT2D eigenvalue weighted by Gasteiger charge is -2.33. The van der Waals surface area contributed by atoms with E-state index in [4.69, 9.17) is 4.74 Å². The van der Waals surface area contributed by atoms with Crippen molar-refractivity contribution in [1.82, 2.24) is 5.32 Å². The summed E-state index contributed by atoms with van der Waals surface area (Å²) in [5, 5.41) is 12.1. The van der Waals surface area contributed by atoms with E-state index in [1.165, 1.54) is 0 Å². The molecular formula is C14H25NO4S. The van der Waals surface area contributed by atoms with Gasteiger partial charge in [-0.3, -0.25) is 9.59 Å². The number of ether oxygens (including phenoxy) is 1. The number of carbonyl (C=O) groups excluding carboxylic acids is 1. The van der Waals surface area contributed by atoms with Gasteiger partial charge in [0.2, 0.25) is 5.91 Å². The highest BCUT2D eigenvalue weighted by Crippen LogP contribution is 2.30. The molecule has 5 nitrogen and oxygen atoms in total. The van der Waals surface area contributed by atoms with Crippen molar-refractivity contribution < 1.29 is 19.4 Å². The van der Waals surface area contributed by atoms with Crippen molar-refractivity contribution in [2.45, 2.75) is 33.1 Å². The van der Waals surface area contributed by atoms with Crippen molar-refractivity contribution in [1.29, 1.82) is 0 Å². The predicted molar refractivity (Wildman–Crippen MR) is 79.9 cm³/mol. The predicted octanol–water partition coefficient (Wildman–Crippen LogP) is 1.76. The van der Waals surface area contributed by atoms with Crippen molar-refractivity contribution in [3.05, 3.63) is 0 Å². The number of rotatable bonds is 8. The number of amides is 1. The molecular weight excluding hydrogens is 278 g/mol. The molecule has 116 valence electrons. The molecule has 6 heteroatoms. The summed E-state index contributed by atoms with van der Waals surface area (Å²) in [5.74, 6) is 1.09. The summed E-state index contributed by atoms with van der Waals surface area (Å²) in [4.78, 5) is 23.2. The van der Waals surface area contributed by atoms with Crippen LogP contribution in [0.15, 0.2) is 0 Å². The summed E-state index contributed by atoms with van der Waals surface area (Å²) in [6.45, 7) is 5.41. The smallest absolute Gasteiger partial charge is 0.311 e. The summed E-state index contributed by atoms with van der Waals surface area (Å²) < 4.78 is 5.20. The van der Waals surface area contributed by atoms with Crippen LogP contribution in [0.3, 0.4) is 0 Å². The van der Waals surface area contributed by atoms with Crippen molar-refractivity contribution >= 4 is 23.6 Å². The molecule has 1 heterocycles. The average molecular weight is 303 g/mol. The molecule has 20 heavy (non-hydrogen) atoms. The van der Waals surface area contributed by atoms with Gasteiger partial charge in [0.1, 0.15) is 0 Å². The summed E-state index contributed by atoms with van der Waals surface area (Å²) >= 11 is 1.60. The highest BCUT2D eigenvalue weighted by atomic mass is 32.2. The zero-order valence-corrected chi connectivity index (χ0v) is 13.1. The van der Waals surface area contributed by atoms with E-state index in [9.17, 15) is 14.7 Å². The van der Waals surface area contributed by atoms with Gasteiger partial charge in [0.15, 0.2) is 0 Å². The molecule has 0 aliphatic carbocycles. The minimum Gasteiger partial charge on any atom is -0.481 e. The summed E-state index contributed by atoms with van der Waals surface area (Å²) in [7, 11) is 0. The van der Waals surface area contributed by atoms with E-state index >= 15 is 0 Å². The number of thioether (sulfide) groups is 1. The first-order chi connectivity index (χ1) is 9.46. The van der Waals surface area contributed by atoms with Crippen molar-refractivity contribution in [3.8, 4) is 0 Å². The van der Waals surface area contributed by atoms with E-state index in [2.05, 4.69) is 19.2 Å². The molecule has 2 N–H and O–H groups in total. The topological polar surface area (TPSA) is 75.6 Å². The van der Waals surface area contributed by atoms with Gasteiger partial charge >= 0.3 is 5.97 Å². The third-order valence-electron chi connectivity index (χ3n) is 3.60. The highest BCUT2D eigenvalue weighted by Gasteiger charge is 2.40. The van der Waals surface area contributed by atoms with Gasteiger partial charge in [0.05, 0.1) is 11.2 Å². The van der Waals surface area contributed by atoms with E-state index < -0.39 is 11.4 Å². The van der Waals surface area contributed by atoms with Crippen LogP contribution >= 0.6 is 11.8 Å². The Bertz CT molecular complexity index is 327. The third kappa shape index (κ3) is 5.71. The van der Waals surface area contributed by atoms with E-state index in [-0.39, 0.29) is 12.5 Å². The average Bonchev–Trinajstić information content (AvgIpc) is 2.42. The van der Waals surface area contributed by atoms with E-state index in [0.717, 1.165) is 12.2 Å². The van der Waals surface area contributed by atoms with Gasteiger partial charge in [-0.15, -0.1) is 0 Å². The number of carboxylic acid groups (broad SMARTS) is 1. The van der Waals surface area contributed by atoms with Crippen LogP contribution in [0.25, 0.3) is 0 Å². The SMILES string of the molecule is CC(C)CCSCC(=O)NCC1(C(=O)O)CCOCC1. The summed E-state index contributed by atoms with van der Waals surface area (Å²) in [6, 6.07) is 0. The molecule has 1 aliphatic heterocycles. The minimum absolute atomic E-state index is 0.0779. The van der Waals surface area contributed by atoms with Crippen molar-refractivity contribution in [2.75, 3.05) is 31.3 Å². The van der Waals surface area contributed by atoms with Crippen molar-refractivity contribution in [3.63, 3.8) is 0 Å². The molecule has 1 amide bonds. The molecule has 0 aromatic carbocycles. The van der Waals surface area contributed by atoms with Gasteiger partial charge in [-0.1, -0.05) is 13.8 Å². The largest absolute Gasteiger partial charge is 0.481 e. The maximum Gasteiger partial charge on any atom is 0.311 e. The van der Waals surface area contributed by atoms with Gasteiger partial charge in [-0.25, -0.2) is 0 Å². The Balaban J connectivity index is 2.29. The van der Waals surface area contributed by atoms with Crippen LogP contribution in [0.5, 0.6) is 0 Å². The van der Waals surface area contributed by atoms with Crippen LogP contribution in [0.1, 0.15) is 33.1 Å². The number of hydrogen-bond donors (Lipinski definition) is 2. The molecule has 1 fully saturated rings. The van der Waals surface area contributed by atoms with Crippen LogP contribution in [0.4, 0.5) is 0 Å². The Morgan fingerprint density at radius 2 is 2.00 bits per heavy atom.